The van der Waals surface area contributed by atoms with E-state index in [0.717, 1.165) is 5.57 Å². The summed E-state index contributed by atoms with van der Waals surface area (Å²) in [5.41, 5.74) is 6.61. The molecular formula is C10H18N2O2. The van der Waals surface area contributed by atoms with Crippen LogP contribution in [0.4, 0.5) is 0 Å². The molecule has 0 unspecified atom stereocenters. The second kappa shape index (κ2) is 4.37. The fraction of sp³-hybridized carbons (Fsp3) is 0.600. The average molecular weight is 198 g/mol. The van der Waals surface area contributed by atoms with E-state index in [0.29, 0.717) is 12.5 Å². The minimum absolute atomic E-state index is 0.134. The fourth-order valence-electron chi connectivity index (χ4n) is 0.995. The molecule has 80 valence electrons. The highest BCUT2D eigenvalue weighted by Crippen LogP contribution is 2.13. The van der Waals surface area contributed by atoms with Crippen molar-refractivity contribution in [2.45, 2.75) is 26.4 Å². The zero-order chi connectivity index (χ0) is 10.6. The molecule has 0 amide bonds. The molecule has 0 saturated heterocycles. The summed E-state index contributed by atoms with van der Waals surface area (Å²) in [6.45, 7) is 6.62. The number of ether oxygens (including phenoxy) is 2. The lowest BCUT2D eigenvalue weighted by Crippen LogP contribution is -2.32. The lowest BCUT2D eigenvalue weighted by molar-refractivity contribution is 0.0101. The van der Waals surface area contributed by atoms with E-state index < -0.39 is 0 Å². The Morgan fingerprint density at radius 1 is 1.36 bits per heavy atom. The Morgan fingerprint density at radius 2 is 2.07 bits per heavy atom. The third-order valence-corrected chi connectivity index (χ3v) is 1.71. The van der Waals surface area contributed by atoms with E-state index in [2.05, 4.69) is 10.9 Å². The third-order valence-electron chi connectivity index (χ3n) is 1.71. The predicted octanol–water partition coefficient (Wildman–Crippen LogP) is 1.28. The Hall–Kier alpha value is -1.16. The van der Waals surface area contributed by atoms with E-state index in [1.54, 1.807) is 7.11 Å². The number of hydrogen-bond donors (Lipinski definition) is 2. The molecule has 0 saturated carbocycles. The summed E-state index contributed by atoms with van der Waals surface area (Å²) in [6.07, 6.45) is 3.74. The second-order valence-electron chi connectivity index (χ2n) is 4.06. The SMILES string of the molecule is COC1=C(COC(C)(C)C)C=CNN1. The molecule has 0 aromatic heterocycles. The predicted molar refractivity (Wildman–Crippen MR) is 55.2 cm³/mol. The molecule has 1 aliphatic rings. The number of methoxy groups -OCH3 is 1. The van der Waals surface area contributed by atoms with Gasteiger partial charge >= 0.3 is 0 Å². The first-order valence-electron chi connectivity index (χ1n) is 4.62. The van der Waals surface area contributed by atoms with Gasteiger partial charge in [0, 0.05) is 11.8 Å². The van der Waals surface area contributed by atoms with Gasteiger partial charge in [-0.1, -0.05) is 0 Å². The molecule has 0 bridgehead atoms. The first-order valence-corrected chi connectivity index (χ1v) is 4.62. The van der Waals surface area contributed by atoms with E-state index in [4.69, 9.17) is 9.47 Å². The summed E-state index contributed by atoms with van der Waals surface area (Å²) in [7, 11) is 1.63. The fourth-order valence-corrected chi connectivity index (χ4v) is 0.995. The molecule has 1 heterocycles. The molecule has 0 atom stereocenters. The summed E-state index contributed by atoms with van der Waals surface area (Å²) < 4.78 is 10.8. The Morgan fingerprint density at radius 3 is 2.64 bits per heavy atom. The van der Waals surface area contributed by atoms with Gasteiger partial charge in [0.1, 0.15) is 0 Å². The smallest absolute Gasteiger partial charge is 0.211 e. The number of rotatable bonds is 3. The zero-order valence-corrected chi connectivity index (χ0v) is 9.18. The van der Waals surface area contributed by atoms with E-state index >= 15 is 0 Å². The van der Waals surface area contributed by atoms with Crippen molar-refractivity contribution >= 4 is 0 Å². The summed E-state index contributed by atoms with van der Waals surface area (Å²) in [5, 5.41) is 0. The molecule has 4 nitrogen and oxygen atoms in total. The van der Waals surface area contributed by atoms with Gasteiger partial charge in [-0.3, -0.25) is 5.43 Å². The molecule has 14 heavy (non-hydrogen) atoms. The van der Waals surface area contributed by atoms with Crippen molar-refractivity contribution in [2.24, 2.45) is 0 Å². The largest absolute Gasteiger partial charge is 0.481 e. The topological polar surface area (TPSA) is 42.5 Å². The van der Waals surface area contributed by atoms with Crippen LogP contribution in [0.5, 0.6) is 0 Å². The highest BCUT2D eigenvalue weighted by atomic mass is 16.5. The maximum atomic E-state index is 5.64. The van der Waals surface area contributed by atoms with Crippen LogP contribution in [0, 0.1) is 0 Å². The standard InChI is InChI=1S/C10H18N2O2/c1-10(2,3)14-7-8-5-6-11-12-9(8)13-4/h5-6,11-12H,7H2,1-4H3. The Kier molecular flexibility index (Phi) is 3.41. The number of hydrogen-bond acceptors (Lipinski definition) is 4. The molecule has 1 rings (SSSR count). The highest BCUT2D eigenvalue weighted by Gasteiger charge is 2.14. The maximum Gasteiger partial charge on any atom is 0.211 e. The van der Waals surface area contributed by atoms with Gasteiger partial charge in [-0.05, 0) is 26.8 Å². The Labute approximate surface area is 84.9 Å². The van der Waals surface area contributed by atoms with Gasteiger partial charge in [0.2, 0.25) is 5.88 Å². The zero-order valence-electron chi connectivity index (χ0n) is 9.18. The van der Waals surface area contributed by atoms with Crippen LogP contribution >= 0.6 is 0 Å². The molecule has 0 aliphatic carbocycles. The van der Waals surface area contributed by atoms with Gasteiger partial charge in [0.05, 0.1) is 19.3 Å². The molecule has 0 fully saturated rings. The van der Waals surface area contributed by atoms with Crippen LogP contribution < -0.4 is 10.9 Å². The minimum Gasteiger partial charge on any atom is -0.481 e. The van der Waals surface area contributed by atoms with E-state index in [1.165, 1.54) is 0 Å². The lowest BCUT2D eigenvalue weighted by atomic mass is 10.2. The molecule has 2 N–H and O–H groups in total. The normalized spacial score (nSPS) is 16.3. The van der Waals surface area contributed by atoms with Crippen molar-refractivity contribution in [3.63, 3.8) is 0 Å². The second-order valence-corrected chi connectivity index (χ2v) is 4.06. The van der Waals surface area contributed by atoms with E-state index in [-0.39, 0.29) is 5.60 Å². The van der Waals surface area contributed by atoms with Crippen LogP contribution in [0.3, 0.4) is 0 Å². The molecular weight excluding hydrogens is 180 g/mol. The van der Waals surface area contributed by atoms with Crippen LogP contribution in [0.25, 0.3) is 0 Å². The van der Waals surface area contributed by atoms with E-state index in [1.807, 2.05) is 33.0 Å². The van der Waals surface area contributed by atoms with Gasteiger partial charge < -0.3 is 14.9 Å². The molecule has 0 spiro atoms. The van der Waals surface area contributed by atoms with Crippen molar-refractivity contribution in [2.75, 3.05) is 13.7 Å². The Balaban J connectivity index is 2.57. The van der Waals surface area contributed by atoms with Crippen LogP contribution in [0.15, 0.2) is 23.7 Å². The van der Waals surface area contributed by atoms with E-state index in [9.17, 15) is 0 Å². The third kappa shape index (κ3) is 3.30. The summed E-state index contributed by atoms with van der Waals surface area (Å²) in [5.74, 6) is 0.705. The van der Waals surface area contributed by atoms with Crippen LogP contribution in [-0.2, 0) is 9.47 Å². The van der Waals surface area contributed by atoms with Crippen molar-refractivity contribution in [1.29, 1.82) is 0 Å². The van der Waals surface area contributed by atoms with Crippen LogP contribution in [0.2, 0.25) is 0 Å². The van der Waals surface area contributed by atoms with Crippen LogP contribution in [0.1, 0.15) is 20.8 Å². The van der Waals surface area contributed by atoms with Gasteiger partial charge in [-0.25, -0.2) is 0 Å². The lowest BCUT2D eigenvalue weighted by Gasteiger charge is -2.22. The maximum absolute atomic E-state index is 5.64. The van der Waals surface area contributed by atoms with Gasteiger partial charge in [-0.15, -0.1) is 0 Å². The summed E-state index contributed by atoms with van der Waals surface area (Å²) >= 11 is 0. The van der Waals surface area contributed by atoms with Gasteiger partial charge in [0.15, 0.2) is 0 Å². The van der Waals surface area contributed by atoms with Gasteiger partial charge in [-0.2, -0.15) is 0 Å². The molecule has 0 aromatic rings. The van der Waals surface area contributed by atoms with Crippen molar-refractivity contribution < 1.29 is 9.47 Å². The van der Waals surface area contributed by atoms with Crippen molar-refractivity contribution in [3.05, 3.63) is 23.7 Å². The summed E-state index contributed by atoms with van der Waals surface area (Å²) in [6, 6.07) is 0. The average Bonchev–Trinajstić information content (AvgIpc) is 2.14. The van der Waals surface area contributed by atoms with Crippen LogP contribution in [-0.4, -0.2) is 19.3 Å². The first kappa shape index (κ1) is 10.9. The number of nitrogens with one attached hydrogen (secondary N) is 2. The molecule has 4 heteroatoms. The van der Waals surface area contributed by atoms with Crippen molar-refractivity contribution in [3.8, 4) is 0 Å². The molecule has 0 radical (unpaired) electrons. The Bertz CT molecular complexity index is 251. The summed E-state index contributed by atoms with van der Waals surface area (Å²) in [4.78, 5) is 0. The molecule has 0 aromatic carbocycles. The quantitative estimate of drug-likeness (QED) is 0.717. The first-order chi connectivity index (χ1) is 6.53. The van der Waals surface area contributed by atoms with Crippen molar-refractivity contribution in [1.82, 2.24) is 10.9 Å². The highest BCUT2D eigenvalue weighted by molar-refractivity contribution is 5.24. The molecule has 1 aliphatic heterocycles. The minimum atomic E-state index is -0.134. The number of hydrazine groups is 1. The monoisotopic (exact) mass is 198 g/mol. The van der Waals surface area contributed by atoms with Gasteiger partial charge in [0.25, 0.3) is 0 Å².